The molecule has 2 rings (SSSR count). The summed E-state index contributed by atoms with van der Waals surface area (Å²) in [6.07, 6.45) is 6.42. The van der Waals surface area contributed by atoms with Crippen molar-refractivity contribution in [3.05, 3.63) is 0 Å². The van der Waals surface area contributed by atoms with Crippen LogP contribution in [0.1, 0.15) is 39.0 Å². The van der Waals surface area contributed by atoms with Crippen molar-refractivity contribution < 1.29 is 4.74 Å². The van der Waals surface area contributed by atoms with Gasteiger partial charge in [-0.15, -0.1) is 0 Å². The Bertz CT molecular complexity index is 269. The molecule has 0 spiro atoms. The number of nitrogens with two attached hydrogens (primary N) is 1. The highest BCUT2D eigenvalue weighted by Gasteiger charge is 2.33. The molecule has 2 aliphatic rings. The van der Waals surface area contributed by atoms with Crippen LogP contribution in [0.25, 0.3) is 0 Å². The molecule has 0 saturated carbocycles. The van der Waals surface area contributed by atoms with E-state index in [0.29, 0.717) is 11.1 Å². The molecule has 0 aromatic carbocycles. The molecule has 3 nitrogen and oxygen atoms in total. The minimum absolute atomic E-state index is 0.0826. The quantitative estimate of drug-likeness (QED) is 0.783. The Morgan fingerprint density at radius 3 is 2.65 bits per heavy atom. The lowest BCUT2D eigenvalue weighted by atomic mass is 9.80. The van der Waals surface area contributed by atoms with Crippen molar-refractivity contribution in [1.29, 1.82) is 0 Å². The van der Waals surface area contributed by atoms with Gasteiger partial charge < -0.3 is 15.4 Å². The summed E-state index contributed by atoms with van der Waals surface area (Å²) in [6.45, 7) is 6.45. The molecule has 0 aromatic heterocycles. The van der Waals surface area contributed by atoms with E-state index in [1.54, 1.807) is 0 Å². The fraction of sp³-hybridized carbons (Fsp3) is 0.923. The zero-order valence-corrected chi connectivity index (χ0v) is 11.6. The first-order chi connectivity index (χ1) is 8.10. The molecule has 98 valence electrons. The van der Waals surface area contributed by atoms with E-state index in [-0.39, 0.29) is 5.41 Å². The second-order valence-corrected chi connectivity index (χ2v) is 6.15. The molecule has 4 heteroatoms. The molecule has 0 radical (unpaired) electrons. The second kappa shape index (κ2) is 5.63. The van der Waals surface area contributed by atoms with Crippen LogP contribution in [0, 0.1) is 5.41 Å². The highest BCUT2D eigenvalue weighted by atomic mass is 32.1. The largest absolute Gasteiger partial charge is 0.393 e. The van der Waals surface area contributed by atoms with Gasteiger partial charge in [0.25, 0.3) is 0 Å². The Kier molecular flexibility index (Phi) is 4.39. The first-order valence-corrected chi connectivity index (χ1v) is 7.15. The van der Waals surface area contributed by atoms with Gasteiger partial charge in [0.05, 0.1) is 11.1 Å². The molecular formula is C13H24N2OS. The molecule has 1 unspecified atom stereocenters. The molecule has 1 atom stereocenters. The molecule has 2 N–H and O–H groups in total. The van der Waals surface area contributed by atoms with Gasteiger partial charge >= 0.3 is 0 Å². The number of hydrogen-bond acceptors (Lipinski definition) is 3. The summed E-state index contributed by atoms with van der Waals surface area (Å²) < 4.78 is 5.79. The van der Waals surface area contributed by atoms with E-state index in [1.165, 1.54) is 19.3 Å². The molecule has 0 amide bonds. The Balaban J connectivity index is 1.77. The fourth-order valence-electron chi connectivity index (χ4n) is 2.71. The van der Waals surface area contributed by atoms with Crippen molar-refractivity contribution in [3.63, 3.8) is 0 Å². The van der Waals surface area contributed by atoms with Gasteiger partial charge in [-0.2, -0.15) is 0 Å². The van der Waals surface area contributed by atoms with E-state index in [2.05, 4.69) is 11.8 Å². The van der Waals surface area contributed by atoms with Gasteiger partial charge in [-0.3, -0.25) is 0 Å². The number of rotatable bonds is 3. The summed E-state index contributed by atoms with van der Waals surface area (Å²) in [5.74, 6) is 0. The van der Waals surface area contributed by atoms with Crippen LogP contribution in [-0.4, -0.2) is 42.2 Å². The maximum atomic E-state index is 5.82. The topological polar surface area (TPSA) is 38.5 Å². The molecule has 2 heterocycles. The minimum Gasteiger partial charge on any atom is -0.393 e. The molecule has 2 fully saturated rings. The van der Waals surface area contributed by atoms with Gasteiger partial charge in [-0.1, -0.05) is 19.1 Å². The van der Waals surface area contributed by atoms with Crippen LogP contribution in [0.4, 0.5) is 0 Å². The molecule has 17 heavy (non-hydrogen) atoms. The highest BCUT2D eigenvalue weighted by Crippen LogP contribution is 2.31. The SMILES string of the molecule is CC1(C(N)=S)CCN(CC2CCCCO2)CC1. The van der Waals surface area contributed by atoms with Crippen LogP contribution in [0.3, 0.4) is 0 Å². The lowest BCUT2D eigenvalue weighted by Gasteiger charge is -2.40. The van der Waals surface area contributed by atoms with Crippen molar-refractivity contribution in [1.82, 2.24) is 4.90 Å². The smallest absolute Gasteiger partial charge is 0.0788 e. The van der Waals surface area contributed by atoms with Crippen LogP contribution in [0.5, 0.6) is 0 Å². The third kappa shape index (κ3) is 3.39. The summed E-state index contributed by atoms with van der Waals surface area (Å²) in [4.78, 5) is 3.20. The monoisotopic (exact) mass is 256 g/mol. The van der Waals surface area contributed by atoms with Crippen molar-refractivity contribution in [2.24, 2.45) is 11.1 Å². The van der Waals surface area contributed by atoms with E-state index in [0.717, 1.165) is 39.1 Å². The first-order valence-electron chi connectivity index (χ1n) is 6.74. The number of likely N-dealkylation sites (tertiary alicyclic amines) is 1. The van der Waals surface area contributed by atoms with E-state index >= 15 is 0 Å². The predicted molar refractivity (Wildman–Crippen MR) is 74.2 cm³/mol. The zero-order chi connectivity index (χ0) is 12.3. The summed E-state index contributed by atoms with van der Waals surface area (Å²) >= 11 is 5.16. The molecule has 0 aromatic rings. The van der Waals surface area contributed by atoms with Gasteiger partial charge in [-0.05, 0) is 45.2 Å². The Labute approximate surface area is 110 Å². The lowest BCUT2D eigenvalue weighted by Crippen LogP contribution is -2.47. The van der Waals surface area contributed by atoms with E-state index in [9.17, 15) is 0 Å². The molecule has 0 bridgehead atoms. The summed E-state index contributed by atoms with van der Waals surface area (Å²) in [5, 5.41) is 0. The van der Waals surface area contributed by atoms with E-state index in [4.69, 9.17) is 22.7 Å². The second-order valence-electron chi connectivity index (χ2n) is 5.71. The van der Waals surface area contributed by atoms with Crippen molar-refractivity contribution in [3.8, 4) is 0 Å². The third-order valence-corrected chi connectivity index (χ3v) is 4.78. The van der Waals surface area contributed by atoms with Gasteiger partial charge in [0.15, 0.2) is 0 Å². The van der Waals surface area contributed by atoms with Crippen LogP contribution in [0.2, 0.25) is 0 Å². The van der Waals surface area contributed by atoms with Gasteiger partial charge in [0, 0.05) is 18.6 Å². The molecule has 2 aliphatic heterocycles. The van der Waals surface area contributed by atoms with Gasteiger partial charge in [0.2, 0.25) is 0 Å². The predicted octanol–water partition coefficient (Wildman–Crippen LogP) is 1.94. The van der Waals surface area contributed by atoms with Crippen LogP contribution in [0.15, 0.2) is 0 Å². The Morgan fingerprint density at radius 1 is 1.41 bits per heavy atom. The number of nitrogens with zero attached hydrogens (tertiary/aromatic N) is 1. The molecular weight excluding hydrogens is 232 g/mol. The van der Waals surface area contributed by atoms with E-state index < -0.39 is 0 Å². The summed E-state index contributed by atoms with van der Waals surface area (Å²) in [7, 11) is 0. The normalized spacial score (nSPS) is 30.1. The number of piperidine rings is 1. The summed E-state index contributed by atoms with van der Waals surface area (Å²) in [5.41, 5.74) is 5.90. The Morgan fingerprint density at radius 2 is 2.12 bits per heavy atom. The number of ether oxygens (including phenoxy) is 1. The number of hydrogen-bond donors (Lipinski definition) is 1. The van der Waals surface area contributed by atoms with Crippen molar-refractivity contribution in [2.75, 3.05) is 26.2 Å². The maximum absolute atomic E-state index is 5.82. The minimum atomic E-state index is 0.0826. The number of thiocarbonyl (C=S) groups is 1. The molecule has 0 aliphatic carbocycles. The van der Waals surface area contributed by atoms with Crippen LogP contribution >= 0.6 is 12.2 Å². The average Bonchev–Trinajstić information content (AvgIpc) is 2.33. The average molecular weight is 256 g/mol. The summed E-state index contributed by atoms with van der Waals surface area (Å²) in [6, 6.07) is 0. The third-order valence-electron chi connectivity index (χ3n) is 4.29. The van der Waals surface area contributed by atoms with Crippen LogP contribution in [-0.2, 0) is 4.74 Å². The maximum Gasteiger partial charge on any atom is 0.0788 e. The van der Waals surface area contributed by atoms with Gasteiger partial charge in [0.1, 0.15) is 0 Å². The fourth-order valence-corrected chi connectivity index (χ4v) is 2.92. The first kappa shape index (κ1) is 13.2. The van der Waals surface area contributed by atoms with Crippen LogP contribution < -0.4 is 5.73 Å². The van der Waals surface area contributed by atoms with Crippen molar-refractivity contribution in [2.45, 2.75) is 45.1 Å². The molecule has 2 saturated heterocycles. The van der Waals surface area contributed by atoms with Gasteiger partial charge in [-0.25, -0.2) is 0 Å². The Hall–Kier alpha value is -0.190. The standard InChI is InChI=1S/C13H24N2OS/c1-13(12(14)17)5-7-15(8-6-13)10-11-4-2-3-9-16-11/h11H,2-10H2,1H3,(H2,14,17). The zero-order valence-electron chi connectivity index (χ0n) is 10.8. The lowest BCUT2D eigenvalue weighted by molar-refractivity contribution is -0.0127. The van der Waals surface area contributed by atoms with Crippen molar-refractivity contribution >= 4 is 17.2 Å². The highest BCUT2D eigenvalue weighted by molar-refractivity contribution is 7.80. The van der Waals surface area contributed by atoms with E-state index in [1.807, 2.05) is 0 Å².